The van der Waals surface area contributed by atoms with E-state index < -0.39 is 0 Å². The second kappa shape index (κ2) is 6.79. The minimum absolute atomic E-state index is 0.429. The molecule has 5 heteroatoms. The number of rotatable bonds is 5. The third-order valence-corrected chi connectivity index (χ3v) is 1.98. The Balaban J connectivity index is 2.40. The van der Waals surface area contributed by atoms with Gasteiger partial charge in [0.1, 0.15) is 0 Å². The normalized spacial score (nSPS) is 11.5. The minimum Gasteiger partial charge on any atom is -0.383 e. The van der Waals surface area contributed by atoms with Gasteiger partial charge in [-0.2, -0.15) is 0 Å². The van der Waals surface area contributed by atoms with Gasteiger partial charge >= 0.3 is 0 Å². The van der Waals surface area contributed by atoms with E-state index in [-0.39, 0.29) is 0 Å². The first-order valence-electron chi connectivity index (χ1n) is 5.15. The van der Waals surface area contributed by atoms with Crippen molar-refractivity contribution in [1.82, 2.24) is 10.3 Å². The molecule has 0 fully saturated rings. The number of methoxy groups -OCH3 is 1. The Bertz CT molecular complexity index is 352. The summed E-state index contributed by atoms with van der Waals surface area (Å²) in [7, 11) is 1.65. The fourth-order valence-corrected chi connectivity index (χ4v) is 1.22. The highest BCUT2D eigenvalue weighted by atomic mass is 16.5. The number of ether oxygens (including phenoxy) is 1. The van der Waals surface area contributed by atoms with Crippen LogP contribution < -0.4 is 11.1 Å². The second-order valence-corrected chi connectivity index (χ2v) is 3.49. The first-order chi connectivity index (χ1) is 7.72. The van der Waals surface area contributed by atoms with Crippen molar-refractivity contribution < 1.29 is 4.74 Å². The van der Waals surface area contributed by atoms with Gasteiger partial charge in [0, 0.05) is 26.0 Å². The molecule has 0 aromatic carbocycles. The van der Waals surface area contributed by atoms with Crippen LogP contribution in [0.25, 0.3) is 0 Å². The lowest BCUT2D eigenvalue weighted by molar-refractivity contribution is 0.204. The number of aliphatic imine (C=N–C) groups is 1. The van der Waals surface area contributed by atoms with Crippen LogP contribution in [0.4, 0.5) is 0 Å². The molecular weight excluding hydrogens is 204 g/mol. The van der Waals surface area contributed by atoms with E-state index in [0.29, 0.717) is 25.7 Å². The van der Waals surface area contributed by atoms with Gasteiger partial charge in [0.2, 0.25) is 0 Å². The van der Waals surface area contributed by atoms with Crippen LogP contribution in [-0.2, 0) is 11.3 Å². The molecular formula is C11H18N4O. The third-order valence-electron chi connectivity index (χ3n) is 1.98. The van der Waals surface area contributed by atoms with Gasteiger partial charge in [-0.3, -0.25) is 4.98 Å². The Morgan fingerprint density at radius 1 is 1.56 bits per heavy atom. The molecule has 5 nitrogen and oxygen atoms in total. The zero-order chi connectivity index (χ0) is 11.8. The Morgan fingerprint density at radius 2 is 2.38 bits per heavy atom. The molecule has 0 spiro atoms. The molecule has 0 amide bonds. The Morgan fingerprint density at radius 3 is 3.06 bits per heavy atom. The van der Waals surface area contributed by atoms with Crippen LogP contribution in [0.2, 0.25) is 0 Å². The predicted octanol–water partition coefficient (Wildman–Crippen LogP) is 0.441. The number of hydrogen-bond acceptors (Lipinski definition) is 3. The molecule has 16 heavy (non-hydrogen) atoms. The Kier molecular flexibility index (Phi) is 5.28. The molecule has 0 atom stereocenters. The summed E-state index contributed by atoms with van der Waals surface area (Å²) < 4.78 is 4.89. The summed E-state index contributed by atoms with van der Waals surface area (Å²) in [6.45, 7) is 3.82. The standard InChI is InChI=1S/C11H18N4O/c1-9-5-10(7-13-6-9)8-15-11(12)14-3-4-16-2/h5-7H,3-4,8H2,1-2H3,(H3,12,14,15). The summed E-state index contributed by atoms with van der Waals surface area (Å²) >= 11 is 0. The first kappa shape index (κ1) is 12.4. The van der Waals surface area contributed by atoms with E-state index in [1.54, 1.807) is 13.3 Å². The average molecular weight is 222 g/mol. The van der Waals surface area contributed by atoms with E-state index in [9.17, 15) is 0 Å². The number of aromatic nitrogens is 1. The number of nitrogens with zero attached hydrogens (tertiary/aromatic N) is 2. The van der Waals surface area contributed by atoms with Crippen molar-refractivity contribution in [1.29, 1.82) is 0 Å². The van der Waals surface area contributed by atoms with Gasteiger partial charge in [0.25, 0.3) is 0 Å². The number of nitrogens with two attached hydrogens (primary N) is 1. The number of pyridine rings is 1. The molecule has 0 aliphatic heterocycles. The quantitative estimate of drug-likeness (QED) is 0.431. The summed E-state index contributed by atoms with van der Waals surface area (Å²) in [6, 6.07) is 2.04. The van der Waals surface area contributed by atoms with Crippen LogP contribution in [0, 0.1) is 6.92 Å². The van der Waals surface area contributed by atoms with E-state index in [1.807, 2.05) is 19.2 Å². The molecule has 1 aromatic rings. The summed E-state index contributed by atoms with van der Waals surface area (Å²) in [4.78, 5) is 8.28. The lowest BCUT2D eigenvalue weighted by Crippen LogP contribution is -2.34. The number of hydrogen-bond donors (Lipinski definition) is 2. The van der Waals surface area contributed by atoms with Gasteiger partial charge in [0.15, 0.2) is 5.96 Å². The van der Waals surface area contributed by atoms with E-state index in [2.05, 4.69) is 15.3 Å². The van der Waals surface area contributed by atoms with Crippen molar-refractivity contribution in [2.24, 2.45) is 10.7 Å². The first-order valence-corrected chi connectivity index (χ1v) is 5.15. The van der Waals surface area contributed by atoms with Crippen molar-refractivity contribution >= 4 is 5.96 Å². The van der Waals surface area contributed by atoms with Crippen LogP contribution >= 0.6 is 0 Å². The molecule has 0 aliphatic carbocycles. The summed E-state index contributed by atoms with van der Waals surface area (Å²) in [5, 5.41) is 2.95. The van der Waals surface area contributed by atoms with Gasteiger partial charge < -0.3 is 15.8 Å². The SMILES string of the molecule is COCCNC(N)=NCc1cncc(C)c1. The van der Waals surface area contributed by atoms with Crippen LogP contribution in [0.3, 0.4) is 0 Å². The van der Waals surface area contributed by atoms with Gasteiger partial charge in [0.05, 0.1) is 13.2 Å². The van der Waals surface area contributed by atoms with Gasteiger partial charge in [-0.15, -0.1) is 0 Å². The molecule has 0 aliphatic rings. The van der Waals surface area contributed by atoms with E-state index in [4.69, 9.17) is 10.5 Å². The molecule has 1 aromatic heterocycles. The fraction of sp³-hybridized carbons (Fsp3) is 0.455. The average Bonchev–Trinajstić information content (AvgIpc) is 2.27. The van der Waals surface area contributed by atoms with Crippen LogP contribution in [-0.4, -0.2) is 31.2 Å². The maximum absolute atomic E-state index is 5.66. The van der Waals surface area contributed by atoms with Crippen LogP contribution in [0.15, 0.2) is 23.5 Å². The summed E-state index contributed by atoms with van der Waals surface area (Å²) in [5.74, 6) is 0.429. The molecule has 3 N–H and O–H groups in total. The fourth-order valence-electron chi connectivity index (χ4n) is 1.22. The third kappa shape index (κ3) is 4.75. The molecule has 0 unspecified atom stereocenters. The highest BCUT2D eigenvalue weighted by Crippen LogP contribution is 2.02. The molecule has 1 heterocycles. The zero-order valence-corrected chi connectivity index (χ0v) is 9.73. The number of aryl methyl sites for hydroxylation is 1. The van der Waals surface area contributed by atoms with Crippen molar-refractivity contribution in [3.8, 4) is 0 Å². The zero-order valence-electron chi connectivity index (χ0n) is 9.73. The van der Waals surface area contributed by atoms with Crippen molar-refractivity contribution in [2.75, 3.05) is 20.3 Å². The smallest absolute Gasteiger partial charge is 0.188 e. The van der Waals surface area contributed by atoms with Crippen molar-refractivity contribution in [3.63, 3.8) is 0 Å². The topological polar surface area (TPSA) is 72.5 Å². The highest BCUT2D eigenvalue weighted by molar-refractivity contribution is 5.77. The van der Waals surface area contributed by atoms with E-state index >= 15 is 0 Å². The van der Waals surface area contributed by atoms with Gasteiger partial charge in [-0.1, -0.05) is 6.07 Å². The maximum Gasteiger partial charge on any atom is 0.188 e. The van der Waals surface area contributed by atoms with Gasteiger partial charge in [-0.05, 0) is 18.1 Å². The second-order valence-electron chi connectivity index (χ2n) is 3.49. The Hall–Kier alpha value is -1.62. The number of guanidine groups is 1. The minimum atomic E-state index is 0.429. The molecule has 1 rings (SSSR count). The molecule has 0 radical (unpaired) electrons. The van der Waals surface area contributed by atoms with E-state index in [1.165, 1.54) is 0 Å². The number of nitrogens with one attached hydrogen (secondary N) is 1. The predicted molar refractivity (Wildman–Crippen MR) is 64.2 cm³/mol. The highest BCUT2D eigenvalue weighted by Gasteiger charge is 1.94. The van der Waals surface area contributed by atoms with Crippen LogP contribution in [0.5, 0.6) is 0 Å². The van der Waals surface area contributed by atoms with Crippen molar-refractivity contribution in [2.45, 2.75) is 13.5 Å². The maximum atomic E-state index is 5.66. The van der Waals surface area contributed by atoms with E-state index in [0.717, 1.165) is 11.1 Å². The lowest BCUT2D eigenvalue weighted by Gasteiger charge is -2.04. The summed E-state index contributed by atoms with van der Waals surface area (Å²) in [6.07, 6.45) is 3.60. The molecule has 0 saturated heterocycles. The monoisotopic (exact) mass is 222 g/mol. The summed E-state index contributed by atoms with van der Waals surface area (Å²) in [5.41, 5.74) is 7.84. The molecule has 0 bridgehead atoms. The lowest BCUT2D eigenvalue weighted by atomic mass is 10.2. The molecule has 0 saturated carbocycles. The largest absolute Gasteiger partial charge is 0.383 e. The molecule has 88 valence electrons. The van der Waals surface area contributed by atoms with Crippen molar-refractivity contribution in [3.05, 3.63) is 29.6 Å². The van der Waals surface area contributed by atoms with Crippen LogP contribution in [0.1, 0.15) is 11.1 Å². The van der Waals surface area contributed by atoms with Gasteiger partial charge in [-0.25, -0.2) is 4.99 Å². The Labute approximate surface area is 95.7 Å².